The summed E-state index contributed by atoms with van der Waals surface area (Å²) >= 11 is 12.1. The zero-order valence-electron chi connectivity index (χ0n) is 10.3. The van der Waals surface area contributed by atoms with Crippen LogP contribution in [0, 0.1) is 0 Å². The summed E-state index contributed by atoms with van der Waals surface area (Å²) in [6.45, 7) is 0.259. The molecule has 19 heavy (non-hydrogen) atoms. The molecule has 2 aromatic carbocycles. The van der Waals surface area contributed by atoms with E-state index in [9.17, 15) is 0 Å². The first-order valence-electron chi connectivity index (χ1n) is 5.61. The summed E-state index contributed by atoms with van der Waals surface area (Å²) in [7, 11) is 1.58. The van der Waals surface area contributed by atoms with Crippen molar-refractivity contribution in [2.45, 2.75) is 6.61 Å². The molecule has 100 valence electrons. The fourth-order valence-corrected chi connectivity index (χ4v) is 2.11. The summed E-state index contributed by atoms with van der Waals surface area (Å²) < 4.78 is 10.7. The monoisotopic (exact) mass is 297 g/mol. The molecule has 0 radical (unpaired) electrons. The van der Waals surface area contributed by atoms with Crippen molar-refractivity contribution in [3.8, 4) is 11.5 Å². The maximum absolute atomic E-state index is 6.07. The van der Waals surface area contributed by atoms with Crippen LogP contribution >= 0.6 is 23.2 Å². The summed E-state index contributed by atoms with van der Waals surface area (Å²) in [6, 6.07) is 10.5. The summed E-state index contributed by atoms with van der Waals surface area (Å²) in [5, 5.41) is 1.14. The second-order valence-electron chi connectivity index (χ2n) is 3.89. The molecule has 0 saturated heterocycles. The molecule has 3 nitrogen and oxygen atoms in total. The minimum Gasteiger partial charge on any atom is -0.497 e. The molecule has 2 rings (SSSR count). The van der Waals surface area contributed by atoms with Crippen molar-refractivity contribution in [2.75, 3.05) is 12.8 Å². The molecule has 0 aliphatic heterocycles. The maximum atomic E-state index is 6.07. The standard InChI is InChI=1S/C14H13Cl2NO2/c1-18-9-5-6-14(13(17)7-9)19-8-10-11(15)3-2-4-12(10)16/h2-7H,8,17H2,1H3. The zero-order valence-corrected chi connectivity index (χ0v) is 11.8. The lowest BCUT2D eigenvalue weighted by Gasteiger charge is -2.12. The number of hydrogen-bond donors (Lipinski definition) is 1. The van der Waals surface area contributed by atoms with Crippen LogP contribution in [0.15, 0.2) is 36.4 Å². The Morgan fingerprint density at radius 1 is 1.11 bits per heavy atom. The van der Waals surface area contributed by atoms with E-state index in [-0.39, 0.29) is 6.61 Å². The topological polar surface area (TPSA) is 44.5 Å². The van der Waals surface area contributed by atoms with Crippen molar-refractivity contribution >= 4 is 28.9 Å². The smallest absolute Gasteiger partial charge is 0.142 e. The second kappa shape index (κ2) is 6.04. The Morgan fingerprint density at radius 2 is 1.79 bits per heavy atom. The Labute approximate surface area is 121 Å². The van der Waals surface area contributed by atoms with Crippen LogP contribution in [-0.4, -0.2) is 7.11 Å². The van der Waals surface area contributed by atoms with Crippen LogP contribution in [0.4, 0.5) is 5.69 Å². The summed E-state index contributed by atoms with van der Waals surface area (Å²) in [5.41, 5.74) is 7.11. The van der Waals surface area contributed by atoms with Gasteiger partial charge >= 0.3 is 0 Å². The minimum absolute atomic E-state index is 0.259. The van der Waals surface area contributed by atoms with Gasteiger partial charge in [0.25, 0.3) is 0 Å². The molecule has 0 aromatic heterocycles. The molecule has 5 heteroatoms. The number of hydrogen-bond acceptors (Lipinski definition) is 3. The number of halogens is 2. The highest BCUT2D eigenvalue weighted by atomic mass is 35.5. The summed E-state index contributed by atoms with van der Waals surface area (Å²) in [6.07, 6.45) is 0. The number of nitrogen functional groups attached to an aromatic ring is 1. The molecular formula is C14H13Cl2NO2. The van der Waals surface area contributed by atoms with Gasteiger partial charge in [-0.25, -0.2) is 0 Å². The molecule has 0 aliphatic carbocycles. The van der Waals surface area contributed by atoms with Crippen molar-refractivity contribution in [1.29, 1.82) is 0 Å². The molecule has 0 atom stereocenters. The van der Waals surface area contributed by atoms with Gasteiger partial charge in [0.05, 0.1) is 12.8 Å². The van der Waals surface area contributed by atoms with E-state index in [4.69, 9.17) is 38.4 Å². The zero-order chi connectivity index (χ0) is 13.8. The number of rotatable bonds is 4. The first-order valence-corrected chi connectivity index (χ1v) is 6.36. The Hall–Kier alpha value is -1.58. The Kier molecular flexibility index (Phi) is 4.40. The van der Waals surface area contributed by atoms with Gasteiger partial charge in [0.2, 0.25) is 0 Å². The Balaban J connectivity index is 2.15. The van der Waals surface area contributed by atoms with Crippen LogP contribution in [0.3, 0.4) is 0 Å². The number of methoxy groups -OCH3 is 1. The molecule has 2 N–H and O–H groups in total. The third-order valence-corrected chi connectivity index (χ3v) is 3.36. The lowest BCUT2D eigenvalue weighted by atomic mass is 10.2. The lowest BCUT2D eigenvalue weighted by Crippen LogP contribution is -2.00. The average Bonchev–Trinajstić information content (AvgIpc) is 2.39. The molecular weight excluding hydrogens is 285 g/mol. The van der Waals surface area contributed by atoms with Crippen molar-refractivity contribution in [3.05, 3.63) is 52.0 Å². The first kappa shape index (κ1) is 13.8. The Bertz CT molecular complexity index is 567. The molecule has 0 fully saturated rings. The maximum Gasteiger partial charge on any atom is 0.142 e. The minimum atomic E-state index is 0.259. The number of nitrogens with two attached hydrogens (primary N) is 1. The van der Waals surface area contributed by atoms with Gasteiger partial charge in [-0.3, -0.25) is 0 Å². The van der Waals surface area contributed by atoms with Gasteiger partial charge in [-0.2, -0.15) is 0 Å². The van der Waals surface area contributed by atoms with E-state index >= 15 is 0 Å². The molecule has 0 unspecified atom stereocenters. The number of ether oxygens (including phenoxy) is 2. The van der Waals surface area contributed by atoms with Crippen LogP contribution in [0.25, 0.3) is 0 Å². The van der Waals surface area contributed by atoms with Crippen molar-refractivity contribution in [1.82, 2.24) is 0 Å². The third kappa shape index (κ3) is 3.25. The number of benzene rings is 2. The molecule has 0 spiro atoms. The summed E-state index contributed by atoms with van der Waals surface area (Å²) in [4.78, 5) is 0. The highest BCUT2D eigenvalue weighted by molar-refractivity contribution is 6.35. The highest BCUT2D eigenvalue weighted by Gasteiger charge is 2.08. The molecule has 2 aromatic rings. The highest BCUT2D eigenvalue weighted by Crippen LogP contribution is 2.29. The molecule has 0 bridgehead atoms. The van der Waals surface area contributed by atoms with E-state index in [2.05, 4.69) is 0 Å². The average molecular weight is 298 g/mol. The lowest BCUT2D eigenvalue weighted by molar-refractivity contribution is 0.307. The van der Waals surface area contributed by atoms with Gasteiger partial charge in [0.1, 0.15) is 18.1 Å². The SMILES string of the molecule is COc1ccc(OCc2c(Cl)cccc2Cl)c(N)c1. The van der Waals surface area contributed by atoms with Crippen molar-refractivity contribution < 1.29 is 9.47 Å². The van der Waals surface area contributed by atoms with Gasteiger partial charge in [-0.05, 0) is 24.3 Å². The first-order chi connectivity index (χ1) is 9.11. The van der Waals surface area contributed by atoms with Crippen LogP contribution < -0.4 is 15.2 Å². The fraction of sp³-hybridized carbons (Fsp3) is 0.143. The molecule has 0 amide bonds. The van der Waals surface area contributed by atoms with Crippen LogP contribution in [0.1, 0.15) is 5.56 Å². The van der Waals surface area contributed by atoms with Gasteiger partial charge in [0.15, 0.2) is 0 Å². The molecule has 0 heterocycles. The Morgan fingerprint density at radius 3 is 2.37 bits per heavy atom. The van der Waals surface area contributed by atoms with Crippen LogP contribution in [0.2, 0.25) is 10.0 Å². The van der Waals surface area contributed by atoms with E-state index in [0.29, 0.717) is 27.2 Å². The normalized spacial score (nSPS) is 10.3. The predicted octanol–water partition coefficient (Wildman–Crippen LogP) is 4.16. The predicted molar refractivity (Wildman–Crippen MR) is 78.2 cm³/mol. The number of anilines is 1. The fourth-order valence-electron chi connectivity index (χ4n) is 1.61. The van der Waals surface area contributed by atoms with E-state index in [0.717, 1.165) is 5.56 Å². The second-order valence-corrected chi connectivity index (χ2v) is 4.71. The van der Waals surface area contributed by atoms with E-state index in [1.54, 1.807) is 43.5 Å². The largest absolute Gasteiger partial charge is 0.497 e. The van der Waals surface area contributed by atoms with Crippen LogP contribution in [-0.2, 0) is 6.61 Å². The molecule has 0 aliphatic rings. The van der Waals surface area contributed by atoms with Crippen molar-refractivity contribution in [2.24, 2.45) is 0 Å². The van der Waals surface area contributed by atoms with E-state index in [1.807, 2.05) is 0 Å². The van der Waals surface area contributed by atoms with Gasteiger partial charge in [0, 0.05) is 21.7 Å². The van der Waals surface area contributed by atoms with E-state index in [1.165, 1.54) is 0 Å². The van der Waals surface area contributed by atoms with Gasteiger partial charge in [-0.15, -0.1) is 0 Å². The van der Waals surface area contributed by atoms with Crippen LogP contribution in [0.5, 0.6) is 11.5 Å². The van der Waals surface area contributed by atoms with Gasteiger partial charge < -0.3 is 15.2 Å². The quantitative estimate of drug-likeness (QED) is 0.862. The summed E-state index contributed by atoms with van der Waals surface area (Å²) in [5.74, 6) is 1.25. The van der Waals surface area contributed by atoms with Gasteiger partial charge in [-0.1, -0.05) is 29.3 Å². The van der Waals surface area contributed by atoms with E-state index < -0.39 is 0 Å². The third-order valence-electron chi connectivity index (χ3n) is 2.65. The molecule has 0 saturated carbocycles. The van der Waals surface area contributed by atoms with Crippen molar-refractivity contribution in [3.63, 3.8) is 0 Å².